The molecule has 3 amide bonds. The fourth-order valence-electron chi connectivity index (χ4n) is 1.28. The van der Waals surface area contributed by atoms with E-state index in [2.05, 4.69) is 16.2 Å². The summed E-state index contributed by atoms with van der Waals surface area (Å²) in [4.78, 5) is 22.9. The molecule has 0 radical (unpaired) electrons. The molecule has 0 aliphatic heterocycles. The average molecular weight is 280 g/mol. The van der Waals surface area contributed by atoms with Gasteiger partial charge in [-0.2, -0.15) is 0 Å². The van der Waals surface area contributed by atoms with Gasteiger partial charge < -0.3 is 9.73 Å². The van der Waals surface area contributed by atoms with Crippen molar-refractivity contribution in [3.05, 3.63) is 53.4 Å². The van der Waals surface area contributed by atoms with E-state index in [1.165, 1.54) is 12.3 Å². The molecule has 0 saturated heterocycles. The van der Waals surface area contributed by atoms with E-state index < -0.39 is 11.9 Å². The number of nitrogens with one attached hydrogen (secondary N) is 3. The van der Waals surface area contributed by atoms with Gasteiger partial charge in [0.15, 0.2) is 5.76 Å². The van der Waals surface area contributed by atoms with Gasteiger partial charge in [0.25, 0.3) is 0 Å². The number of amides is 3. The van der Waals surface area contributed by atoms with Gasteiger partial charge >= 0.3 is 11.9 Å². The monoisotopic (exact) mass is 279 g/mol. The molecule has 19 heavy (non-hydrogen) atoms. The lowest BCUT2D eigenvalue weighted by atomic mass is 10.3. The van der Waals surface area contributed by atoms with Gasteiger partial charge in [-0.15, -0.1) is 0 Å². The van der Waals surface area contributed by atoms with Crippen LogP contribution in [0.5, 0.6) is 0 Å². The number of benzene rings is 1. The van der Waals surface area contributed by atoms with Crippen molar-refractivity contribution in [2.45, 2.75) is 0 Å². The highest BCUT2D eigenvalue weighted by Gasteiger charge is 2.09. The van der Waals surface area contributed by atoms with Crippen LogP contribution in [-0.4, -0.2) is 11.9 Å². The molecule has 2 rings (SSSR count). The summed E-state index contributed by atoms with van der Waals surface area (Å²) in [6.45, 7) is 0. The Morgan fingerprint density at radius 1 is 1.05 bits per heavy atom. The van der Waals surface area contributed by atoms with Gasteiger partial charge in [-0.05, 0) is 36.4 Å². The second-order valence-corrected chi connectivity index (χ2v) is 3.95. The molecule has 0 unspecified atom stereocenters. The van der Waals surface area contributed by atoms with Crippen LogP contribution in [0.25, 0.3) is 0 Å². The van der Waals surface area contributed by atoms with Crippen LogP contribution in [0, 0.1) is 0 Å². The number of hydrogen-bond acceptors (Lipinski definition) is 3. The van der Waals surface area contributed by atoms with E-state index in [1.54, 1.807) is 30.3 Å². The first-order chi connectivity index (χ1) is 9.15. The Balaban J connectivity index is 1.82. The van der Waals surface area contributed by atoms with E-state index in [4.69, 9.17) is 16.0 Å². The van der Waals surface area contributed by atoms with Gasteiger partial charge in [0.2, 0.25) is 0 Å². The zero-order valence-electron chi connectivity index (χ0n) is 9.64. The molecule has 1 heterocycles. The molecular formula is C12H10ClN3O3. The summed E-state index contributed by atoms with van der Waals surface area (Å²) in [7, 11) is 0. The summed E-state index contributed by atoms with van der Waals surface area (Å²) in [6.07, 6.45) is 1.36. The Kier molecular flexibility index (Phi) is 4.04. The van der Waals surface area contributed by atoms with Crippen LogP contribution in [0.4, 0.5) is 10.5 Å². The molecule has 0 spiro atoms. The molecule has 1 aromatic carbocycles. The lowest BCUT2D eigenvalue weighted by Gasteiger charge is -2.07. The lowest BCUT2D eigenvalue weighted by Crippen LogP contribution is -2.43. The van der Waals surface area contributed by atoms with Gasteiger partial charge in [-0.1, -0.05) is 11.6 Å². The van der Waals surface area contributed by atoms with Crippen LogP contribution in [0.2, 0.25) is 5.02 Å². The van der Waals surface area contributed by atoms with E-state index in [0.717, 1.165) is 0 Å². The highest BCUT2D eigenvalue weighted by molar-refractivity contribution is 6.30. The zero-order chi connectivity index (χ0) is 13.7. The molecule has 0 bridgehead atoms. The Bertz CT molecular complexity index is 566. The maximum absolute atomic E-state index is 11.5. The topological polar surface area (TPSA) is 83.4 Å². The maximum atomic E-state index is 11.5. The SMILES string of the molecule is O=C(NNC(=O)c1ccco1)Nc1ccc(Cl)cc1. The largest absolute Gasteiger partial charge is 0.459 e. The van der Waals surface area contributed by atoms with Crippen molar-refractivity contribution in [1.29, 1.82) is 0 Å². The average Bonchev–Trinajstić information content (AvgIpc) is 2.93. The molecule has 3 N–H and O–H groups in total. The molecule has 0 aliphatic rings. The number of halogens is 1. The number of anilines is 1. The molecule has 0 aliphatic carbocycles. The van der Waals surface area contributed by atoms with Gasteiger partial charge in [0.1, 0.15) is 0 Å². The van der Waals surface area contributed by atoms with E-state index in [-0.39, 0.29) is 5.76 Å². The van der Waals surface area contributed by atoms with Gasteiger partial charge in [0, 0.05) is 10.7 Å². The molecular weight excluding hydrogens is 270 g/mol. The number of carbonyl (C=O) groups is 2. The molecule has 0 fully saturated rings. The minimum atomic E-state index is -0.581. The fraction of sp³-hybridized carbons (Fsp3) is 0. The van der Waals surface area contributed by atoms with Crippen LogP contribution >= 0.6 is 11.6 Å². The Hall–Kier alpha value is -2.47. The quantitative estimate of drug-likeness (QED) is 0.738. The third-order valence-electron chi connectivity index (χ3n) is 2.14. The third kappa shape index (κ3) is 3.75. The first kappa shape index (κ1) is 13.0. The number of furan rings is 1. The summed E-state index contributed by atoms with van der Waals surface area (Å²) in [5.41, 5.74) is 4.94. The first-order valence-electron chi connectivity index (χ1n) is 5.31. The summed E-state index contributed by atoms with van der Waals surface area (Å²) in [6, 6.07) is 9.02. The minimum absolute atomic E-state index is 0.104. The van der Waals surface area contributed by atoms with Crippen LogP contribution in [0.3, 0.4) is 0 Å². The highest BCUT2D eigenvalue weighted by atomic mass is 35.5. The number of urea groups is 1. The normalized spacial score (nSPS) is 9.74. The van der Waals surface area contributed by atoms with E-state index in [9.17, 15) is 9.59 Å². The molecule has 0 saturated carbocycles. The third-order valence-corrected chi connectivity index (χ3v) is 2.39. The van der Waals surface area contributed by atoms with Crippen molar-refractivity contribution in [2.75, 3.05) is 5.32 Å². The highest BCUT2D eigenvalue weighted by Crippen LogP contribution is 2.12. The Morgan fingerprint density at radius 3 is 2.42 bits per heavy atom. The van der Waals surface area contributed by atoms with Crippen molar-refractivity contribution >= 4 is 29.2 Å². The predicted molar refractivity (Wildman–Crippen MR) is 69.8 cm³/mol. The zero-order valence-corrected chi connectivity index (χ0v) is 10.4. The van der Waals surface area contributed by atoms with Crippen LogP contribution in [0.1, 0.15) is 10.6 Å². The predicted octanol–water partition coefficient (Wildman–Crippen LogP) is 2.40. The standard InChI is InChI=1S/C12H10ClN3O3/c13-8-3-5-9(6-4-8)14-12(18)16-15-11(17)10-2-1-7-19-10/h1-7H,(H,15,17)(H2,14,16,18). The van der Waals surface area contributed by atoms with Crippen molar-refractivity contribution < 1.29 is 14.0 Å². The van der Waals surface area contributed by atoms with E-state index in [0.29, 0.717) is 10.7 Å². The number of carbonyl (C=O) groups excluding carboxylic acids is 2. The Morgan fingerprint density at radius 2 is 1.79 bits per heavy atom. The molecule has 98 valence electrons. The summed E-state index contributed by atoms with van der Waals surface area (Å²) >= 11 is 5.71. The smallest absolute Gasteiger partial charge is 0.337 e. The van der Waals surface area contributed by atoms with Crippen LogP contribution < -0.4 is 16.2 Å². The number of rotatable bonds is 2. The van der Waals surface area contributed by atoms with Crippen molar-refractivity contribution in [3.8, 4) is 0 Å². The second kappa shape index (κ2) is 5.92. The number of hydrogen-bond donors (Lipinski definition) is 3. The van der Waals surface area contributed by atoms with Crippen LogP contribution in [0.15, 0.2) is 47.1 Å². The maximum Gasteiger partial charge on any atom is 0.337 e. The van der Waals surface area contributed by atoms with Gasteiger partial charge in [0.05, 0.1) is 6.26 Å². The van der Waals surface area contributed by atoms with E-state index in [1.807, 2.05) is 0 Å². The molecule has 6 nitrogen and oxygen atoms in total. The van der Waals surface area contributed by atoms with E-state index >= 15 is 0 Å². The first-order valence-corrected chi connectivity index (χ1v) is 5.69. The molecule has 7 heteroatoms. The Labute approximate surface area is 113 Å². The second-order valence-electron chi connectivity index (χ2n) is 3.52. The summed E-state index contributed by atoms with van der Waals surface area (Å²) < 4.78 is 4.86. The van der Waals surface area contributed by atoms with Crippen LogP contribution in [-0.2, 0) is 0 Å². The van der Waals surface area contributed by atoms with Gasteiger partial charge in [-0.3, -0.25) is 10.2 Å². The molecule has 2 aromatic rings. The summed E-state index contributed by atoms with van der Waals surface area (Å²) in [5.74, 6) is -0.442. The van der Waals surface area contributed by atoms with Crippen molar-refractivity contribution in [3.63, 3.8) is 0 Å². The molecule has 1 aromatic heterocycles. The van der Waals surface area contributed by atoms with Crippen molar-refractivity contribution in [2.24, 2.45) is 0 Å². The van der Waals surface area contributed by atoms with Gasteiger partial charge in [-0.25, -0.2) is 10.2 Å². The lowest BCUT2D eigenvalue weighted by molar-refractivity contribution is 0.0910. The van der Waals surface area contributed by atoms with Crippen molar-refractivity contribution in [1.82, 2.24) is 10.9 Å². The summed E-state index contributed by atoms with van der Waals surface area (Å²) in [5, 5.41) is 3.08. The minimum Gasteiger partial charge on any atom is -0.459 e. The fourth-order valence-corrected chi connectivity index (χ4v) is 1.40. The molecule has 0 atom stereocenters. The number of hydrazine groups is 1.